The number of rotatable bonds is 7. The highest BCUT2D eigenvalue weighted by Gasteiger charge is 2.37. The van der Waals surface area contributed by atoms with E-state index in [-0.39, 0.29) is 24.4 Å². The smallest absolute Gasteiger partial charge is 0.408 e. The topological polar surface area (TPSA) is 102 Å². The first-order valence-electron chi connectivity index (χ1n) is 10.2. The maximum absolute atomic E-state index is 13.7. The number of halogens is 2. The molecule has 1 aliphatic heterocycles. The van der Waals surface area contributed by atoms with Gasteiger partial charge in [-0.1, -0.05) is 0 Å². The molecule has 0 aromatic heterocycles. The van der Waals surface area contributed by atoms with Gasteiger partial charge in [-0.15, -0.1) is 0 Å². The molecular formula is C21H31F2N3O4. The van der Waals surface area contributed by atoms with Crippen LogP contribution < -0.4 is 10.6 Å². The summed E-state index contributed by atoms with van der Waals surface area (Å²) in [5.74, 6) is -1.71. The third kappa shape index (κ3) is 6.63. The predicted molar refractivity (Wildman–Crippen MR) is 108 cm³/mol. The highest BCUT2D eigenvalue weighted by atomic mass is 19.1. The van der Waals surface area contributed by atoms with E-state index >= 15 is 0 Å². The van der Waals surface area contributed by atoms with E-state index in [2.05, 4.69) is 10.6 Å². The summed E-state index contributed by atoms with van der Waals surface area (Å²) in [4.78, 5) is 25.2. The molecule has 1 aromatic rings. The molecule has 1 aromatic carbocycles. The number of aliphatic hydroxyl groups excluding tert-OH is 1. The molecule has 0 unspecified atom stereocenters. The maximum atomic E-state index is 13.7. The number of hydrogen-bond acceptors (Lipinski definition) is 4. The normalized spacial score (nSPS) is 19.5. The molecule has 30 heavy (non-hydrogen) atoms. The van der Waals surface area contributed by atoms with Crippen LogP contribution in [0.15, 0.2) is 18.2 Å². The molecule has 3 atom stereocenters. The van der Waals surface area contributed by atoms with E-state index in [9.17, 15) is 28.6 Å². The molecule has 2 rings (SSSR count). The number of benzene rings is 1. The molecule has 7 nitrogen and oxygen atoms in total. The lowest BCUT2D eigenvalue weighted by atomic mass is 9.94. The van der Waals surface area contributed by atoms with E-state index in [0.29, 0.717) is 13.0 Å². The number of carbonyl (C=O) groups is 2. The van der Waals surface area contributed by atoms with Crippen molar-refractivity contribution >= 4 is 12.0 Å². The van der Waals surface area contributed by atoms with Crippen LogP contribution in [0.2, 0.25) is 0 Å². The molecule has 1 fully saturated rings. The summed E-state index contributed by atoms with van der Waals surface area (Å²) in [5, 5.41) is 26.5. The van der Waals surface area contributed by atoms with Crippen molar-refractivity contribution in [1.82, 2.24) is 15.5 Å². The summed E-state index contributed by atoms with van der Waals surface area (Å²) in [6.45, 7) is 5.60. The van der Waals surface area contributed by atoms with Crippen molar-refractivity contribution < 1.29 is 28.6 Å². The molecule has 9 heteroatoms. The van der Waals surface area contributed by atoms with Gasteiger partial charge in [-0.25, -0.2) is 13.6 Å². The lowest BCUT2D eigenvalue weighted by molar-refractivity contribution is -0.123. The number of hydrogen-bond donors (Lipinski definition) is 4. The lowest BCUT2D eigenvalue weighted by Gasteiger charge is -2.42. The molecule has 1 aliphatic rings. The van der Waals surface area contributed by atoms with E-state index in [4.69, 9.17) is 0 Å². The van der Waals surface area contributed by atoms with Crippen LogP contribution in [0.5, 0.6) is 0 Å². The van der Waals surface area contributed by atoms with E-state index in [1.807, 2.05) is 0 Å². The maximum Gasteiger partial charge on any atom is 0.408 e. The fraction of sp³-hybridized carbons (Fsp3) is 0.619. The molecular weight excluding hydrogens is 396 g/mol. The second-order valence-electron chi connectivity index (χ2n) is 8.69. The largest absolute Gasteiger partial charge is 0.465 e. The minimum Gasteiger partial charge on any atom is -0.465 e. The van der Waals surface area contributed by atoms with Crippen molar-refractivity contribution in [2.45, 2.75) is 70.2 Å². The molecule has 0 radical (unpaired) electrons. The number of carbonyl (C=O) groups excluding carboxylic acids is 1. The number of amides is 2. The second kappa shape index (κ2) is 10.2. The highest BCUT2D eigenvalue weighted by Crippen LogP contribution is 2.23. The van der Waals surface area contributed by atoms with Gasteiger partial charge in [0.05, 0.1) is 18.2 Å². The van der Waals surface area contributed by atoms with Gasteiger partial charge in [0.2, 0.25) is 5.91 Å². The van der Waals surface area contributed by atoms with Crippen LogP contribution in [0, 0.1) is 11.6 Å². The molecule has 1 saturated heterocycles. The Hall–Kier alpha value is -2.26. The average molecular weight is 427 g/mol. The van der Waals surface area contributed by atoms with Gasteiger partial charge in [0.1, 0.15) is 11.6 Å². The Morgan fingerprint density at radius 1 is 1.27 bits per heavy atom. The van der Waals surface area contributed by atoms with Gasteiger partial charge >= 0.3 is 6.09 Å². The Morgan fingerprint density at radius 3 is 2.47 bits per heavy atom. The molecule has 0 spiro atoms. The van der Waals surface area contributed by atoms with Gasteiger partial charge in [0.15, 0.2) is 0 Å². The van der Waals surface area contributed by atoms with Crippen molar-refractivity contribution in [3.8, 4) is 0 Å². The first-order chi connectivity index (χ1) is 14.0. The fourth-order valence-electron chi connectivity index (χ4n) is 3.83. The molecule has 0 aliphatic carbocycles. The standard InChI is InChI=1S/C21H31F2N3O4/c1-21(2,3)26(20(29)30)17(10-13-8-14(22)11-15(23)9-13)18(27)12-25-16-6-4-5-7-24-19(16)28/h8-9,11,16-18,25,27H,4-7,10,12H2,1-3H3,(H,24,28)(H,29,30)/t16-,17+,18+/m1/s1. The number of aliphatic hydroxyl groups is 1. The van der Waals surface area contributed by atoms with Gasteiger partial charge in [-0.2, -0.15) is 0 Å². The number of carboxylic acid groups (broad SMARTS) is 1. The van der Waals surface area contributed by atoms with Gasteiger partial charge < -0.3 is 20.8 Å². The minimum atomic E-state index is -1.25. The van der Waals surface area contributed by atoms with Crippen molar-refractivity contribution in [1.29, 1.82) is 0 Å². The Bertz CT molecular complexity index is 734. The summed E-state index contributed by atoms with van der Waals surface area (Å²) in [6.07, 6.45) is -0.213. The molecule has 0 bridgehead atoms. The third-order valence-electron chi connectivity index (χ3n) is 5.18. The summed E-state index contributed by atoms with van der Waals surface area (Å²) in [6, 6.07) is 1.52. The summed E-state index contributed by atoms with van der Waals surface area (Å²) in [5.41, 5.74) is -0.637. The quantitative estimate of drug-likeness (QED) is 0.535. The number of nitrogens with zero attached hydrogens (tertiary/aromatic N) is 1. The van der Waals surface area contributed by atoms with Gasteiger partial charge in [-0.3, -0.25) is 9.69 Å². The second-order valence-corrected chi connectivity index (χ2v) is 8.69. The Morgan fingerprint density at radius 2 is 1.90 bits per heavy atom. The zero-order valence-electron chi connectivity index (χ0n) is 17.6. The van der Waals surface area contributed by atoms with E-state index in [1.54, 1.807) is 20.8 Å². The third-order valence-corrected chi connectivity index (χ3v) is 5.18. The Balaban J connectivity index is 2.24. The first kappa shape index (κ1) is 24.0. The van der Waals surface area contributed by atoms with Crippen LogP contribution >= 0.6 is 0 Å². The lowest BCUT2D eigenvalue weighted by Crippen LogP contribution is -2.59. The molecule has 1 heterocycles. The van der Waals surface area contributed by atoms with Crippen molar-refractivity contribution in [3.63, 3.8) is 0 Å². The Labute approximate surface area is 175 Å². The van der Waals surface area contributed by atoms with Crippen LogP contribution in [-0.2, 0) is 11.2 Å². The molecule has 168 valence electrons. The zero-order valence-corrected chi connectivity index (χ0v) is 17.6. The zero-order chi connectivity index (χ0) is 22.5. The average Bonchev–Trinajstić information content (AvgIpc) is 2.81. The van der Waals surface area contributed by atoms with Gasteiger partial charge in [0, 0.05) is 24.7 Å². The van der Waals surface area contributed by atoms with Gasteiger partial charge in [0.25, 0.3) is 0 Å². The summed E-state index contributed by atoms with van der Waals surface area (Å²) >= 11 is 0. The monoisotopic (exact) mass is 427 g/mol. The number of nitrogens with one attached hydrogen (secondary N) is 2. The van der Waals surface area contributed by atoms with E-state index in [0.717, 1.165) is 35.9 Å². The van der Waals surface area contributed by atoms with Crippen LogP contribution in [0.25, 0.3) is 0 Å². The van der Waals surface area contributed by atoms with Gasteiger partial charge in [-0.05, 0) is 64.2 Å². The van der Waals surface area contributed by atoms with Crippen molar-refractivity contribution in [2.75, 3.05) is 13.1 Å². The van der Waals surface area contributed by atoms with Crippen LogP contribution in [0.1, 0.15) is 45.6 Å². The first-order valence-corrected chi connectivity index (χ1v) is 10.2. The van der Waals surface area contributed by atoms with E-state index < -0.39 is 41.5 Å². The molecule has 0 saturated carbocycles. The van der Waals surface area contributed by atoms with Crippen molar-refractivity contribution in [2.24, 2.45) is 0 Å². The molecule has 4 N–H and O–H groups in total. The summed E-state index contributed by atoms with van der Waals surface area (Å²) in [7, 11) is 0. The Kier molecular flexibility index (Phi) is 8.14. The highest BCUT2D eigenvalue weighted by molar-refractivity contribution is 5.81. The summed E-state index contributed by atoms with van der Waals surface area (Å²) < 4.78 is 27.3. The van der Waals surface area contributed by atoms with Crippen LogP contribution in [0.4, 0.5) is 13.6 Å². The molecule has 2 amide bonds. The van der Waals surface area contributed by atoms with Crippen LogP contribution in [-0.4, -0.2) is 63.9 Å². The minimum absolute atomic E-state index is 0.0413. The van der Waals surface area contributed by atoms with Crippen molar-refractivity contribution in [3.05, 3.63) is 35.4 Å². The predicted octanol–water partition coefficient (Wildman–Crippen LogP) is 2.27. The SMILES string of the molecule is CC(C)(C)N(C(=O)O)[C@@H](Cc1cc(F)cc(F)c1)[C@@H](O)CN[C@@H]1CCCCNC1=O. The van der Waals surface area contributed by atoms with Crippen LogP contribution in [0.3, 0.4) is 0 Å². The fourth-order valence-corrected chi connectivity index (χ4v) is 3.83. The van der Waals surface area contributed by atoms with E-state index in [1.165, 1.54) is 0 Å².